The summed E-state index contributed by atoms with van der Waals surface area (Å²) in [6.07, 6.45) is 5.79. The molecule has 2 N–H and O–H groups in total. The number of halogens is 3. The smallest absolute Gasteiger partial charge is 0.351 e. The normalized spacial score (nSPS) is 14.9. The number of nitrogens with one attached hydrogen (secondary N) is 2. The zero-order chi connectivity index (χ0) is 21.7. The number of hydrogen-bond donors (Lipinski definition) is 2. The van der Waals surface area contributed by atoms with Gasteiger partial charge in [0.05, 0.1) is 5.69 Å². The topological polar surface area (TPSA) is 49.8 Å². The van der Waals surface area contributed by atoms with Crippen molar-refractivity contribution in [3.8, 4) is 11.3 Å². The van der Waals surface area contributed by atoms with Crippen molar-refractivity contribution >= 4 is 29.2 Å². The van der Waals surface area contributed by atoms with Crippen molar-refractivity contribution in [1.82, 2.24) is 9.97 Å². The van der Waals surface area contributed by atoms with Crippen LogP contribution >= 0.6 is 11.8 Å². The Hall–Kier alpha value is -2.74. The highest BCUT2D eigenvalue weighted by Crippen LogP contribution is 2.38. The van der Waals surface area contributed by atoms with E-state index >= 15 is 0 Å². The molecule has 0 unspecified atom stereocenters. The molecule has 1 saturated carbocycles. The van der Waals surface area contributed by atoms with Gasteiger partial charge in [-0.15, -0.1) is 0 Å². The number of nitrogens with zero attached hydrogens (tertiary/aromatic N) is 2. The van der Waals surface area contributed by atoms with E-state index in [-0.39, 0.29) is 16.7 Å². The molecule has 0 saturated heterocycles. The molecule has 1 aliphatic carbocycles. The summed E-state index contributed by atoms with van der Waals surface area (Å²) in [5, 5.41) is 6.59. The summed E-state index contributed by atoms with van der Waals surface area (Å²) in [5.41, 5.74) is -2.10. The monoisotopic (exact) mass is 444 g/mol. The van der Waals surface area contributed by atoms with Crippen LogP contribution < -0.4 is 10.6 Å². The van der Waals surface area contributed by atoms with Crippen LogP contribution in [0.25, 0.3) is 11.3 Å². The molecule has 4 nitrogen and oxygen atoms in total. The summed E-state index contributed by atoms with van der Waals surface area (Å²) in [5.74, 6) is 1.05. The highest BCUT2D eigenvalue weighted by molar-refractivity contribution is 8.00. The summed E-state index contributed by atoms with van der Waals surface area (Å²) in [7, 11) is 0. The molecule has 162 valence electrons. The fraction of sp³-hybridized carbons (Fsp3) is 0.304. The average molecular weight is 445 g/mol. The summed E-state index contributed by atoms with van der Waals surface area (Å²) < 4.78 is 38.2. The van der Waals surface area contributed by atoms with E-state index in [0.29, 0.717) is 23.5 Å². The number of alkyl halides is 3. The molecule has 0 amide bonds. The Morgan fingerprint density at radius 2 is 1.65 bits per heavy atom. The zero-order valence-corrected chi connectivity index (χ0v) is 17.6. The lowest BCUT2D eigenvalue weighted by Crippen LogP contribution is -2.23. The number of hydrogen-bond acceptors (Lipinski definition) is 5. The van der Waals surface area contributed by atoms with E-state index in [9.17, 15) is 13.2 Å². The van der Waals surface area contributed by atoms with Gasteiger partial charge in [0.15, 0.2) is 0 Å². The quantitative estimate of drug-likeness (QED) is 0.392. The first kappa shape index (κ1) is 21.5. The molecule has 0 spiro atoms. The lowest BCUT2D eigenvalue weighted by atomic mass is 9.96. The molecule has 1 aromatic heterocycles. The Balaban J connectivity index is 1.61. The van der Waals surface area contributed by atoms with Crippen molar-refractivity contribution < 1.29 is 13.2 Å². The van der Waals surface area contributed by atoms with Crippen molar-refractivity contribution in [2.45, 2.75) is 48.5 Å². The zero-order valence-electron chi connectivity index (χ0n) is 16.8. The van der Waals surface area contributed by atoms with Crippen LogP contribution in [0.5, 0.6) is 0 Å². The van der Waals surface area contributed by atoms with Gasteiger partial charge in [-0.2, -0.15) is 18.2 Å². The lowest BCUT2D eigenvalue weighted by Gasteiger charge is -2.23. The Morgan fingerprint density at radius 3 is 2.39 bits per heavy atom. The van der Waals surface area contributed by atoms with Gasteiger partial charge < -0.3 is 10.6 Å². The van der Waals surface area contributed by atoms with Crippen LogP contribution in [0.15, 0.2) is 65.6 Å². The van der Waals surface area contributed by atoms with Crippen molar-refractivity contribution in [3.05, 3.63) is 60.7 Å². The maximum atomic E-state index is 12.7. The molecule has 1 heterocycles. The van der Waals surface area contributed by atoms with Gasteiger partial charge in [0.1, 0.15) is 5.82 Å². The number of anilines is 3. The van der Waals surface area contributed by atoms with Gasteiger partial charge in [-0.05, 0) is 42.8 Å². The van der Waals surface area contributed by atoms with E-state index < -0.39 is 5.51 Å². The highest BCUT2D eigenvalue weighted by Gasteiger charge is 2.29. The van der Waals surface area contributed by atoms with Crippen LogP contribution in [0, 0.1) is 0 Å². The summed E-state index contributed by atoms with van der Waals surface area (Å²) in [6, 6.07) is 18.1. The molecule has 0 aliphatic heterocycles. The van der Waals surface area contributed by atoms with Crippen molar-refractivity contribution in [2.75, 3.05) is 10.6 Å². The van der Waals surface area contributed by atoms with Gasteiger partial charge in [0.2, 0.25) is 5.95 Å². The van der Waals surface area contributed by atoms with E-state index in [1.807, 2.05) is 36.4 Å². The SMILES string of the molecule is FC(F)(F)Sc1cccc(Nc2cc(-c3ccccc3)nc(NC3CCCCC3)n2)c1. The second-order valence-corrected chi connectivity index (χ2v) is 8.65. The summed E-state index contributed by atoms with van der Waals surface area (Å²) in [4.78, 5) is 9.40. The molecular weight excluding hydrogens is 421 g/mol. The first-order valence-electron chi connectivity index (χ1n) is 10.3. The standard InChI is InChI=1S/C23H23F3N4S/c24-23(25,26)31-19-13-7-12-18(14-19)27-21-15-20(16-8-3-1-4-9-16)29-22(30-21)28-17-10-5-2-6-11-17/h1,3-4,7-9,12-15,17H,2,5-6,10-11H2,(H2,27,28,29,30). The van der Waals surface area contributed by atoms with E-state index in [4.69, 9.17) is 4.98 Å². The van der Waals surface area contributed by atoms with E-state index in [2.05, 4.69) is 15.6 Å². The molecule has 31 heavy (non-hydrogen) atoms. The predicted molar refractivity (Wildman–Crippen MR) is 120 cm³/mol. The maximum absolute atomic E-state index is 12.7. The molecule has 3 aromatic rings. The van der Waals surface area contributed by atoms with Crippen molar-refractivity contribution in [3.63, 3.8) is 0 Å². The Morgan fingerprint density at radius 1 is 0.871 bits per heavy atom. The van der Waals surface area contributed by atoms with Gasteiger partial charge in [-0.3, -0.25) is 0 Å². The first-order chi connectivity index (χ1) is 14.9. The van der Waals surface area contributed by atoms with Crippen LogP contribution in [0.1, 0.15) is 32.1 Å². The Bertz CT molecular complexity index is 1010. The van der Waals surface area contributed by atoms with Crippen molar-refractivity contribution in [1.29, 1.82) is 0 Å². The van der Waals surface area contributed by atoms with Crippen LogP contribution in [-0.4, -0.2) is 21.5 Å². The summed E-state index contributed by atoms with van der Waals surface area (Å²) >= 11 is -0.133. The third-order valence-corrected chi connectivity index (χ3v) is 5.80. The first-order valence-corrected chi connectivity index (χ1v) is 11.1. The average Bonchev–Trinajstić information content (AvgIpc) is 2.74. The van der Waals surface area contributed by atoms with Gasteiger partial charge in [-0.1, -0.05) is 55.7 Å². The molecule has 4 rings (SSSR count). The fourth-order valence-corrected chi connectivity index (χ4v) is 4.28. The molecule has 8 heteroatoms. The van der Waals surface area contributed by atoms with Gasteiger partial charge >= 0.3 is 5.51 Å². The van der Waals surface area contributed by atoms with E-state index in [1.54, 1.807) is 12.1 Å². The maximum Gasteiger partial charge on any atom is 0.446 e. The minimum atomic E-state index is -4.33. The van der Waals surface area contributed by atoms with Gasteiger partial charge in [0, 0.05) is 28.3 Å². The van der Waals surface area contributed by atoms with Crippen LogP contribution in [0.2, 0.25) is 0 Å². The highest BCUT2D eigenvalue weighted by atomic mass is 32.2. The van der Waals surface area contributed by atoms with E-state index in [1.165, 1.54) is 31.4 Å². The molecule has 1 fully saturated rings. The predicted octanol–water partition coefficient (Wildman–Crippen LogP) is 7.24. The minimum absolute atomic E-state index is 0.121. The number of thioether (sulfide) groups is 1. The molecule has 0 bridgehead atoms. The van der Waals surface area contributed by atoms with Crippen molar-refractivity contribution in [2.24, 2.45) is 0 Å². The van der Waals surface area contributed by atoms with E-state index in [0.717, 1.165) is 24.1 Å². The number of aromatic nitrogens is 2. The molecule has 1 aliphatic rings. The summed E-state index contributed by atoms with van der Waals surface area (Å²) in [6.45, 7) is 0. The number of benzene rings is 2. The fourth-order valence-electron chi connectivity index (χ4n) is 3.68. The van der Waals surface area contributed by atoms with Gasteiger partial charge in [0.25, 0.3) is 0 Å². The second-order valence-electron chi connectivity index (χ2n) is 7.51. The van der Waals surface area contributed by atoms with Crippen LogP contribution in [0.4, 0.5) is 30.6 Å². The van der Waals surface area contributed by atoms with Crippen LogP contribution in [0.3, 0.4) is 0 Å². The minimum Gasteiger partial charge on any atom is -0.351 e. The lowest BCUT2D eigenvalue weighted by molar-refractivity contribution is -0.0328. The van der Waals surface area contributed by atoms with Crippen LogP contribution in [-0.2, 0) is 0 Å². The van der Waals surface area contributed by atoms with Gasteiger partial charge in [-0.25, -0.2) is 4.98 Å². The molecule has 2 aromatic carbocycles. The second kappa shape index (κ2) is 9.60. The molecule has 0 atom stereocenters. The largest absolute Gasteiger partial charge is 0.446 e. The Kier molecular flexibility index (Phi) is 6.65. The molecular formula is C23H23F3N4S. The number of rotatable bonds is 6. The Labute approximate surface area is 183 Å². The third kappa shape index (κ3) is 6.37. The third-order valence-electron chi connectivity index (χ3n) is 5.07. The molecule has 0 radical (unpaired) electrons.